The number of nitrogens with zero attached hydrogens (tertiary/aromatic N) is 3. The number of fused-ring (bicyclic) bond motifs is 1. The molecule has 1 aliphatic rings. The number of amides is 1. The Morgan fingerprint density at radius 3 is 2.79 bits per heavy atom. The van der Waals surface area contributed by atoms with Gasteiger partial charge in [-0.05, 0) is 55.8 Å². The third-order valence-electron chi connectivity index (χ3n) is 5.33. The normalized spacial score (nSPS) is 14.5. The molecule has 0 saturated carbocycles. The van der Waals surface area contributed by atoms with E-state index >= 15 is 0 Å². The molecule has 0 atom stereocenters. The molecule has 2 heterocycles. The van der Waals surface area contributed by atoms with Crippen molar-refractivity contribution in [1.82, 2.24) is 9.88 Å². The van der Waals surface area contributed by atoms with E-state index in [0.717, 1.165) is 60.1 Å². The zero-order chi connectivity index (χ0) is 23.0. The molecule has 33 heavy (non-hydrogen) atoms. The number of carbonyl (C=O) groups excluding carboxylic acids is 1. The van der Waals surface area contributed by atoms with Crippen LogP contribution in [0.4, 0.5) is 9.52 Å². The summed E-state index contributed by atoms with van der Waals surface area (Å²) in [7, 11) is 0. The van der Waals surface area contributed by atoms with E-state index < -0.39 is 0 Å². The first-order valence-corrected chi connectivity index (χ1v) is 12.9. The molecule has 0 aliphatic carbocycles. The van der Waals surface area contributed by atoms with Gasteiger partial charge >= 0.3 is 0 Å². The van der Waals surface area contributed by atoms with Crippen molar-refractivity contribution >= 4 is 44.4 Å². The van der Waals surface area contributed by atoms with Crippen LogP contribution in [0.25, 0.3) is 10.2 Å². The minimum atomic E-state index is -0.281. The maximum atomic E-state index is 13.3. The van der Waals surface area contributed by atoms with Gasteiger partial charge in [0.1, 0.15) is 11.6 Å². The number of hydrogen-bond acceptors (Lipinski definition) is 7. The lowest BCUT2D eigenvalue weighted by molar-refractivity contribution is -0.116. The minimum absolute atomic E-state index is 0.00427. The molecule has 1 fully saturated rings. The third kappa shape index (κ3) is 6.66. The summed E-state index contributed by atoms with van der Waals surface area (Å²) >= 11 is 2.91. The van der Waals surface area contributed by atoms with Gasteiger partial charge in [-0.2, -0.15) is 0 Å². The van der Waals surface area contributed by atoms with Crippen LogP contribution in [0.1, 0.15) is 13.3 Å². The van der Waals surface area contributed by atoms with Gasteiger partial charge in [-0.25, -0.2) is 9.37 Å². The first-order valence-electron chi connectivity index (χ1n) is 11.1. The van der Waals surface area contributed by atoms with E-state index in [4.69, 9.17) is 14.5 Å². The van der Waals surface area contributed by atoms with Gasteiger partial charge in [0, 0.05) is 31.1 Å². The summed E-state index contributed by atoms with van der Waals surface area (Å²) in [4.78, 5) is 23.0. The molecule has 4 rings (SSSR count). The molecule has 1 aromatic heterocycles. The van der Waals surface area contributed by atoms with Crippen molar-refractivity contribution in [3.8, 4) is 5.75 Å². The monoisotopic (exact) mass is 489 g/mol. The molecule has 0 N–H and O–H groups in total. The summed E-state index contributed by atoms with van der Waals surface area (Å²) in [6, 6.07) is 12.0. The minimum Gasteiger partial charge on any atom is -0.494 e. The van der Waals surface area contributed by atoms with Gasteiger partial charge in [0.15, 0.2) is 5.13 Å². The number of ether oxygens (including phenoxy) is 2. The zero-order valence-corrected chi connectivity index (χ0v) is 20.3. The molecule has 6 nitrogen and oxygen atoms in total. The van der Waals surface area contributed by atoms with Crippen molar-refractivity contribution in [3.05, 3.63) is 48.3 Å². The van der Waals surface area contributed by atoms with Gasteiger partial charge in [0.25, 0.3) is 0 Å². The number of morpholine rings is 1. The molecular formula is C24H28FN3O3S2. The van der Waals surface area contributed by atoms with E-state index in [0.29, 0.717) is 18.3 Å². The Hall–Kier alpha value is -2.20. The lowest BCUT2D eigenvalue weighted by Gasteiger charge is -2.27. The van der Waals surface area contributed by atoms with Gasteiger partial charge in [-0.15, -0.1) is 11.8 Å². The molecule has 0 radical (unpaired) electrons. The van der Waals surface area contributed by atoms with Crippen LogP contribution in [0, 0.1) is 5.82 Å². The molecule has 9 heteroatoms. The molecule has 0 unspecified atom stereocenters. The topological polar surface area (TPSA) is 54.9 Å². The SMILES string of the molecule is CCOc1ccc2nc(N(CCCN3CCOCC3)C(=O)CSc3ccc(F)cc3)sc2c1. The van der Waals surface area contributed by atoms with Crippen LogP contribution >= 0.6 is 23.1 Å². The van der Waals surface area contributed by atoms with Crippen molar-refractivity contribution in [2.75, 3.05) is 56.7 Å². The quantitative estimate of drug-likeness (QED) is 0.386. The molecule has 176 valence electrons. The lowest BCUT2D eigenvalue weighted by atomic mass is 10.3. The number of halogens is 1. The summed E-state index contributed by atoms with van der Waals surface area (Å²) in [6.45, 7) is 7.44. The Labute approximate surface area is 201 Å². The highest BCUT2D eigenvalue weighted by Gasteiger charge is 2.21. The standard InChI is InChI=1S/C24H28FN3O3S2/c1-2-31-19-6-9-21-22(16-19)33-24(26-21)28(11-3-10-27-12-14-30-15-13-27)23(29)17-32-20-7-4-18(25)5-8-20/h4-9,16H,2-3,10-15,17H2,1H3. The molecule has 1 amide bonds. The number of carbonyl (C=O) groups is 1. The molecule has 1 saturated heterocycles. The average molecular weight is 490 g/mol. The fourth-order valence-corrected chi connectivity index (χ4v) is 5.43. The number of rotatable bonds is 10. The molecule has 1 aliphatic heterocycles. The molecule has 0 bridgehead atoms. The number of thioether (sulfide) groups is 1. The average Bonchev–Trinajstić information content (AvgIpc) is 3.25. The van der Waals surface area contributed by atoms with Crippen LogP contribution < -0.4 is 9.64 Å². The molecule has 3 aromatic rings. The van der Waals surface area contributed by atoms with Gasteiger partial charge in [0.05, 0.1) is 35.8 Å². The Bertz CT molecular complexity index is 1050. The van der Waals surface area contributed by atoms with Crippen molar-refractivity contribution < 1.29 is 18.7 Å². The summed E-state index contributed by atoms with van der Waals surface area (Å²) in [5, 5.41) is 0.699. The Kier molecular flexibility index (Phi) is 8.55. The van der Waals surface area contributed by atoms with Crippen LogP contribution in [0.2, 0.25) is 0 Å². The smallest absolute Gasteiger partial charge is 0.239 e. The number of benzene rings is 2. The summed E-state index contributed by atoms with van der Waals surface area (Å²) in [5.74, 6) is 0.785. The summed E-state index contributed by atoms with van der Waals surface area (Å²) < 4.78 is 25.2. The second kappa shape index (κ2) is 11.8. The van der Waals surface area contributed by atoms with Crippen molar-refractivity contribution in [2.45, 2.75) is 18.2 Å². The van der Waals surface area contributed by atoms with Crippen LogP contribution in [-0.4, -0.2) is 67.5 Å². The Morgan fingerprint density at radius 2 is 2.03 bits per heavy atom. The number of thiazole rings is 1. The van der Waals surface area contributed by atoms with Crippen LogP contribution in [0.5, 0.6) is 5.75 Å². The van der Waals surface area contributed by atoms with Gasteiger partial charge in [-0.1, -0.05) is 11.3 Å². The molecule has 0 spiro atoms. The molecule has 2 aromatic carbocycles. The second-order valence-electron chi connectivity index (χ2n) is 7.65. The third-order valence-corrected chi connectivity index (χ3v) is 7.37. The van der Waals surface area contributed by atoms with Crippen molar-refractivity contribution in [2.24, 2.45) is 0 Å². The maximum Gasteiger partial charge on any atom is 0.239 e. The van der Waals surface area contributed by atoms with E-state index in [1.54, 1.807) is 17.0 Å². The largest absolute Gasteiger partial charge is 0.494 e. The van der Waals surface area contributed by atoms with Gasteiger partial charge in [-0.3, -0.25) is 14.6 Å². The van der Waals surface area contributed by atoms with Crippen molar-refractivity contribution in [1.29, 1.82) is 0 Å². The first kappa shape index (κ1) is 23.9. The predicted octanol–water partition coefficient (Wildman–Crippen LogP) is 4.68. The number of anilines is 1. The lowest BCUT2D eigenvalue weighted by Crippen LogP contribution is -2.39. The van der Waals surface area contributed by atoms with E-state index in [-0.39, 0.29) is 17.5 Å². The highest BCUT2D eigenvalue weighted by molar-refractivity contribution is 8.00. The second-order valence-corrected chi connectivity index (χ2v) is 9.71. The van der Waals surface area contributed by atoms with Crippen LogP contribution in [0.15, 0.2) is 47.4 Å². The highest BCUT2D eigenvalue weighted by atomic mass is 32.2. The highest BCUT2D eigenvalue weighted by Crippen LogP contribution is 2.32. The van der Waals surface area contributed by atoms with Crippen LogP contribution in [-0.2, 0) is 9.53 Å². The fraction of sp³-hybridized carbons (Fsp3) is 0.417. The van der Waals surface area contributed by atoms with Gasteiger partial charge in [0.2, 0.25) is 5.91 Å². The van der Waals surface area contributed by atoms with E-state index in [1.165, 1.54) is 35.2 Å². The molecular weight excluding hydrogens is 461 g/mol. The number of hydrogen-bond donors (Lipinski definition) is 0. The van der Waals surface area contributed by atoms with Gasteiger partial charge < -0.3 is 9.47 Å². The Morgan fingerprint density at radius 1 is 1.24 bits per heavy atom. The summed E-state index contributed by atoms with van der Waals surface area (Å²) in [5.41, 5.74) is 0.857. The van der Waals surface area contributed by atoms with E-state index in [1.807, 2.05) is 25.1 Å². The zero-order valence-electron chi connectivity index (χ0n) is 18.7. The van der Waals surface area contributed by atoms with E-state index in [2.05, 4.69) is 4.90 Å². The maximum absolute atomic E-state index is 13.3. The van der Waals surface area contributed by atoms with Crippen LogP contribution in [0.3, 0.4) is 0 Å². The van der Waals surface area contributed by atoms with Crippen molar-refractivity contribution in [3.63, 3.8) is 0 Å². The van der Waals surface area contributed by atoms with E-state index in [9.17, 15) is 9.18 Å². The predicted molar refractivity (Wildman–Crippen MR) is 132 cm³/mol. The Balaban J connectivity index is 1.47. The number of aromatic nitrogens is 1. The fourth-order valence-electron chi connectivity index (χ4n) is 3.62. The first-order chi connectivity index (χ1) is 16.1. The summed E-state index contributed by atoms with van der Waals surface area (Å²) in [6.07, 6.45) is 0.854.